The third-order valence-corrected chi connectivity index (χ3v) is 3.56. The number of halogens is 1. The first-order valence-electron chi connectivity index (χ1n) is 6.15. The number of ether oxygens (including phenoxy) is 1. The van der Waals surface area contributed by atoms with Gasteiger partial charge in [-0.3, -0.25) is 0 Å². The largest absolute Gasteiger partial charge is 0.618 e. The van der Waals surface area contributed by atoms with E-state index in [0.717, 1.165) is 14.8 Å². The lowest BCUT2D eigenvalue weighted by Crippen LogP contribution is -2.34. The topological polar surface area (TPSA) is 53.2 Å². The first-order chi connectivity index (χ1) is 9.61. The fourth-order valence-corrected chi connectivity index (χ4v) is 2.24. The number of benzene rings is 1. The molecule has 1 aromatic heterocycles. The van der Waals surface area contributed by atoms with Gasteiger partial charge in [0.05, 0.1) is 7.11 Å². The fraction of sp³-hybridized carbons (Fsp3) is 0.200. The standard InChI is InChI=1S/C15H14BrNO3/c1-20-15(18)13-3-2-10-17(19)14(13)9-6-11-4-7-12(16)8-5-11/h2-5,7-8,10H,6,9H2,1H3. The fourth-order valence-electron chi connectivity index (χ4n) is 1.98. The average molecular weight is 336 g/mol. The Kier molecular flexibility index (Phi) is 4.74. The molecule has 0 spiro atoms. The summed E-state index contributed by atoms with van der Waals surface area (Å²) in [6.07, 6.45) is 2.56. The number of hydrogen-bond donors (Lipinski definition) is 0. The van der Waals surface area contributed by atoms with Crippen molar-refractivity contribution in [3.8, 4) is 0 Å². The van der Waals surface area contributed by atoms with Gasteiger partial charge in [0.25, 0.3) is 0 Å². The molecule has 0 saturated heterocycles. The van der Waals surface area contributed by atoms with Crippen LogP contribution in [0, 0.1) is 5.21 Å². The molecule has 0 aliphatic heterocycles. The van der Waals surface area contributed by atoms with Gasteiger partial charge in [-0.1, -0.05) is 28.1 Å². The molecule has 0 radical (unpaired) electrons. The van der Waals surface area contributed by atoms with Gasteiger partial charge in [0, 0.05) is 17.0 Å². The van der Waals surface area contributed by atoms with Gasteiger partial charge in [-0.25, -0.2) is 4.79 Å². The summed E-state index contributed by atoms with van der Waals surface area (Å²) in [5.74, 6) is -0.485. The number of esters is 1. The van der Waals surface area contributed by atoms with Gasteiger partial charge in [-0.15, -0.1) is 0 Å². The molecule has 0 aliphatic carbocycles. The molecular weight excluding hydrogens is 322 g/mol. The number of pyridine rings is 1. The van der Waals surface area contributed by atoms with Crippen LogP contribution in [0.25, 0.3) is 0 Å². The van der Waals surface area contributed by atoms with E-state index in [4.69, 9.17) is 4.74 Å². The van der Waals surface area contributed by atoms with Crippen LogP contribution in [0.1, 0.15) is 21.6 Å². The molecule has 4 nitrogen and oxygen atoms in total. The van der Waals surface area contributed by atoms with Gasteiger partial charge in [-0.05, 0) is 30.2 Å². The Morgan fingerprint density at radius 3 is 2.60 bits per heavy atom. The van der Waals surface area contributed by atoms with Crippen molar-refractivity contribution in [3.63, 3.8) is 0 Å². The van der Waals surface area contributed by atoms with Crippen LogP contribution < -0.4 is 4.73 Å². The highest BCUT2D eigenvalue weighted by atomic mass is 79.9. The molecule has 0 N–H and O–H groups in total. The highest BCUT2D eigenvalue weighted by Gasteiger charge is 2.19. The number of carbonyl (C=O) groups is 1. The van der Waals surface area contributed by atoms with Crippen LogP contribution in [0.15, 0.2) is 47.1 Å². The van der Waals surface area contributed by atoms with E-state index in [1.54, 1.807) is 12.1 Å². The first kappa shape index (κ1) is 14.5. The second-order valence-corrected chi connectivity index (χ2v) is 5.23. The average Bonchev–Trinajstić information content (AvgIpc) is 2.46. The zero-order chi connectivity index (χ0) is 14.5. The summed E-state index contributed by atoms with van der Waals surface area (Å²) in [7, 11) is 1.31. The van der Waals surface area contributed by atoms with Crippen molar-refractivity contribution in [2.24, 2.45) is 0 Å². The molecule has 0 atom stereocenters. The quantitative estimate of drug-likeness (QED) is 0.490. The van der Waals surface area contributed by atoms with Crippen LogP contribution in [0.3, 0.4) is 0 Å². The zero-order valence-electron chi connectivity index (χ0n) is 11.0. The molecule has 2 aromatic rings. The molecule has 20 heavy (non-hydrogen) atoms. The molecule has 104 valence electrons. The van der Waals surface area contributed by atoms with Crippen molar-refractivity contribution in [3.05, 3.63) is 69.1 Å². The van der Waals surface area contributed by atoms with Crippen LogP contribution in [-0.4, -0.2) is 13.1 Å². The van der Waals surface area contributed by atoms with E-state index in [0.29, 0.717) is 24.1 Å². The van der Waals surface area contributed by atoms with Gasteiger partial charge in [0.1, 0.15) is 5.56 Å². The van der Waals surface area contributed by atoms with Crippen LogP contribution in [-0.2, 0) is 17.6 Å². The maximum absolute atomic E-state index is 11.8. The molecule has 5 heteroatoms. The minimum absolute atomic E-state index is 0.321. The number of methoxy groups -OCH3 is 1. The number of nitrogens with zero attached hydrogens (tertiary/aromatic N) is 1. The third kappa shape index (κ3) is 3.36. The monoisotopic (exact) mass is 335 g/mol. The molecule has 0 aliphatic rings. The van der Waals surface area contributed by atoms with E-state index in [2.05, 4.69) is 15.9 Å². The second-order valence-electron chi connectivity index (χ2n) is 4.31. The Morgan fingerprint density at radius 2 is 1.95 bits per heavy atom. The lowest BCUT2D eigenvalue weighted by Gasteiger charge is -2.08. The van der Waals surface area contributed by atoms with Gasteiger partial charge in [0.15, 0.2) is 6.20 Å². The maximum Gasteiger partial charge on any atom is 0.344 e. The number of aromatic nitrogens is 1. The van der Waals surface area contributed by atoms with E-state index in [1.807, 2.05) is 24.3 Å². The van der Waals surface area contributed by atoms with Gasteiger partial charge in [-0.2, -0.15) is 4.73 Å². The summed E-state index contributed by atoms with van der Waals surface area (Å²) >= 11 is 3.38. The van der Waals surface area contributed by atoms with E-state index >= 15 is 0 Å². The first-order valence-corrected chi connectivity index (χ1v) is 6.95. The normalized spacial score (nSPS) is 10.3. The number of hydrogen-bond acceptors (Lipinski definition) is 3. The summed E-state index contributed by atoms with van der Waals surface area (Å²) in [5, 5.41) is 11.8. The van der Waals surface area contributed by atoms with Gasteiger partial charge >= 0.3 is 5.97 Å². The number of aryl methyl sites for hydroxylation is 1. The lowest BCUT2D eigenvalue weighted by molar-refractivity contribution is -0.614. The van der Waals surface area contributed by atoms with E-state index < -0.39 is 5.97 Å². The molecule has 0 amide bonds. The molecule has 0 fully saturated rings. The van der Waals surface area contributed by atoms with Crippen molar-refractivity contribution in [2.75, 3.05) is 7.11 Å². The molecule has 0 bridgehead atoms. The minimum Gasteiger partial charge on any atom is -0.618 e. The summed E-state index contributed by atoms with van der Waals surface area (Å²) < 4.78 is 6.44. The Morgan fingerprint density at radius 1 is 1.25 bits per heavy atom. The van der Waals surface area contributed by atoms with Crippen molar-refractivity contribution in [2.45, 2.75) is 12.8 Å². The third-order valence-electron chi connectivity index (χ3n) is 3.03. The van der Waals surface area contributed by atoms with Crippen molar-refractivity contribution in [1.82, 2.24) is 0 Å². The van der Waals surface area contributed by atoms with E-state index in [1.165, 1.54) is 13.3 Å². The van der Waals surface area contributed by atoms with E-state index in [-0.39, 0.29) is 0 Å². The van der Waals surface area contributed by atoms with Crippen molar-refractivity contribution in [1.29, 1.82) is 0 Å². The summed E-state index contributed by atoms with van der Waals surface area (Å²) in [6, 6.07) is 11.0. The molecule has 0 saturated carbocycles. The van der Waals surface area contributed by atoms with Gasteiger partial charge < -0.3 is 9.94 Å². The van der Waals surface area contributed by atoms with Gasteiger partial charge in [0.2, 0.25) is 5.69 Å². The summed E-state index contributed by atoms with van der Waals surface area (Å²) in [4.78, 5) is 11.7. The Bertz CT molecular complexity index is 611. The van der Waals surface area contributed by atoms with Crippen LogP contribution in [0.5, 0.6) is 0 Å². The smallest absolute Gasteiger partial charge is 0.344 e. The molecular formula is C15H14BrNO3. The predicted molar refractivity (Wildman–Crippen MR) is 78.3 cm³/mol. The van der Waals surface area contributed by atoms with Crippen LogP contribution >= 0.6 is 15.9 Å². The van der Waals surface area contributed by atoms with Crippen molar-refractivity contribution >= 4 is 21.9 Å². The molecule has 1 aromatic carbocycles. The Labute approximate surface area is 125 Å². The van der Waals surface area contributed by atoms with Crippen LogP contribution in [0.2, 0.25) is 0 Å². The highest BCUT2D eigenvalue weighted by molar-refractivity contribution is 9.10. The zero-order valence-corrected chi connectivity index (χ0v) is 12.6. The Hall–Kier alpha value is -1.88. The van der Waals surface area contributed by atoms with Crippen molar-refractivity contribution < 1.29 is 14.3 Å². The molecule has 2 rings (SSSR count). The summed E-state index contributed by atoms with van der Waals surface area (Å²) in [5.41, 5.74) is 1.86. The Balaban J connectivity index is 2.20. The lowest BCUT2D eigenvalue weighted by atomic mass is 10.0. The SMILES string of the molecule is COC(=O)c1ccc[n+]([O-])c1CCc1ccc(Br)cc1. The number of carbonyl (C=O) groups excluding carboxylic acids is 1. The second kappa shape index (κ2) is 6.52. The summed E-state index contributed by atoms with van der Waals surface area (Å²) in [6.45, 7) is 0. The molecule has 0 unspecified atom stereocenters. The number of rotatable bonds is 4. The highest BCUT2D eigenvalue weighted by Crippen LogP contribution is 2.13. The minimum atomic E-state index is -0.485. The van der Waals surface area contributed by atoms with E-state index in [9.17, 15) is 10.0 Å². The predicted octanol–water partition coefficient (Wildman–Crippen LogP) is 2.65. The maximum atomic E-state index is 11.8. The molecule has 1 heterocycles. The van der Waals surface area contributed by atoms with Crippen LogP contribution in [0.4, 0.5) is 0 Å².